The monoisotopic (exact) mass is 554 g/mol. The molecule has 1 amide bonds. The highest BCUT2D eigenvalue weighted by Crippen LogP contribution is 2.38. The largest absolute Gasteiger partial charge is 0.493 e. The van der Waals surface area contributed by atoms with Crippen LogP contribution in [0.5, 0.6) is 5.75 Å². The van der Waals surface area contributed by atoms with Gasteiger partial charge in [0.1, 0.15) is 17.4 Å². The number of anilines is 2. The molecule has 208 valence electrons. The summed E-state index contributed by atoms with van der Waals surface area (Å²) in [6, 6.07) is 13.2. The number of sulfonamides is 1. The second kappa shape index (κ2) is 10.8. The van der Waals surface area contributed by atoms with Crippen LogP contribution in [0.15, 0.2) is 59.5 Å². The van der Waals surface area contributed by atoms with Crippen LogP contribution in [0.3, 0.4) is 0 Å². The van der Waals surface area contributed by atoms with Crippen LogP contribution in [0.4, 0.5) is 15.9 Å². The predicted octanol–water partition coefficient (Wildman–Crippen LogP) is 5.25. The molecule has 0 saturated carbocycles. The van der Waals surface area contributed by atoms with E-state index in [2.05, 4.69) is 25.5 Å². The Morgan fingerprint density at radius 2 is 1.95 bits per heavy atom. The van der Waals surface area contributed by atoms with Crippen LogP contribution in [0.1, 0.15) is 51.4 Å². The molecule has 1 aliphatic heterocycles. The SMILES string of the molecule is CC(C)COc1cc(F)cc(-c2ccc(C(=O)NS(=O)(=O)c3cccc(N)c3)c(N3CC(C)CC3(C)C)n2)c1. The van der Waals surface area contributed by atoms with Crippen molar-refractivity contribution in [3.05, 3.63) is 66.0 Å². The van der Waals surface area contributed by atoms with Gasteiger partial charge in [-0.25, -0.2) is 22.5 Å². The Labute approximate surface area is 229 Å². The molecule has 2 heterocycles. The highest BCUT2D eigenvalue weighted by Gasteiger charge is 2.39. The van der Waals surface area contributed by atoms with Crippen molar-refractivity contribution in [3.63, 3.8) is 0 Å². The summed E-state index contributed by atoms with van der Waals surface area (Å²) in [6.07, 6.45) is 0.856. The molecular formula is C29H35FN4O4S. The first-order valence-electron chi connectivity index (χ1n) is 12.9. The fraction of sp³-hybridized carbons (Fsp3) is 0.379. The van der Waals surface area contributed by atoms with E-state index in [4.69, 9.17) is 15.5 Å². The van der Waals surface area contributed by atoms with Crippen LogP contribution in [-0.2, 0) is 10.0 Å². The van der Waals surface area contributed by atoms with Crippen LogP contribution in [0.2, 0.25) is 0 Å². The van der Waals surface area contributed by atoms with Crippen molar-refractivity contribution in [3.8, 4) is 17.0 Å². The van der Waals surface area contributed by atoms with Crippen LogP contribution in [-0.4, -0.2) is 38.0 Å². The number of carbonyl (C=O) groups excluding carboxylic acids is 1. The van der Waals surface area contributed by atoms with Gasteiger partial charge in [-0.1, -0.05) is 26.8 Å². The minimum atomic E-state index is -4.19. The van der Waals surface area contributed by atoms with Crippen molar-refractivity contribution >= 4 is 27.4 Å². The van der Waals surface area contributed by atoms with Gasteiger partial charge in [-0.15, -0.1) is 0 Å². The molecule has 1 aliphatic rings. The number of benzene rings is 2. The van der Waals surface area contributed by atoms with Gasteiger partial charge in [-0.05, 0) is 74.6 Å². The summed E-state index contributed by atoms with van der Waals surface area (Å²) in [6.45, 7) is 11.3. The molecule has 1 unspecified atom stereocenters. The summed E-state index contributed by atoms with van der Waals surface area (Å²) in [5.41, 5.74) is 6.68. The first kappa shape index (κ1) is 28.4. The number of pyridine rings is 1. The average molecular weight is 555 g/mol. The maximum atomic E-state index is 14.5. The standard InChI is InChI=1S/C29H35FN4O4S/c1-18(2)17-38-23-12-20(11-21(30)13-23)26-10-9-25(27(32-26)34-16-19(3)15-29(34,4)5)28(35)33-39(36,37)24-8-6-7-22(31)14-24/h6-14,18-19H,15-17,31H2,1-5H3,(H,33,35). The lowest BCUT2D eigenvalue weighted by Gasteiger charge is -2.34. The second-order valence-corrected chi connectivity index (χ2v) is 12.9. The van der Waals surface area contributed by atoms with E-state index < -0.39 is 21.7 Å². The summed E-state index contributed by atoms with van der Waals surface area (Å²) in [5.74, 6) is 0.00916. The molecule has 0 bridgehead atoms. The third kappa shape index (κ3) is 6.50. The zero-order valence-corrected chi connectivity index (χ0v) is 23.7. The maximum absolute atomic E-state index is 14.5. The number of aromatic nitrogens is 1. The van der Waals surface area contributed by atoms with E-state index in [-0.39, 0.29) is 27.6 Å². The number of nitrogen functional groups attached to an aromatic ring is 1. The maximum Gasteiger partial charge on any atom is 0.268 e. The van der Waals surface area contributed by atoms with Crippen LogP contribution >= 0.6 is 0 Å². The molecule has 0 spiro atoms. The fourth-order valence-corrected chi connectivity index (χ4v) is 5.95. The van der Waals surface area contributed by atoms with Crippen molar-refractivity contribution < 1.29 is 22.3 Å². The Kier molecular flexibility index (Phi) is 7.88. The van der Waals surface area contributed by atoms with Crippen molar-refractivity contribution in [1.29, 1.82) is 0 Å². The summed E-state index contributed by atoms with van der Waals surface area (Å²) in [7, 11) is -4.19. The fourth-order valence-electron chi connectivity index (χ4n) is 4.93. The van der Waals surface area contributed by atoms with Crippen molar-refractivity contribution in [2.75, 3.05) is 23.8 Å². The molecule has 39 heavy (non-hydrogen) atoms. The number of halogens is 1. The average Bonchev–Trinajstić information content (AvgIpc) is 3.13. The number of rotatable bonds is 8. The van der Waals surface area contributed by atoms with Gasteiger partial charge >= 0.3 is 0 Å². The number of amides is 1. The first-order valence-corrected chi connectivity index (χ1v) is 14.4. The van der Waals surface area contributed by atoms with E-state index >= 15 is 0 Å². The molecule has 0 radical (unpaired) electrons. The molecule has 3 N–H and O–H groups in total. The molecule has 1 atom stereocenters. The first-order chi connectivity index (χ1) is 18.2. The number of carbonyl (C=O) groups is 1. The van der Waals surface area contributed by atoms with E-state index in [1.54, 1.807) is 18.2 Å². The quantitative estimate of drug-likeness (QED) is 0.366. The van der Waals surface area contributed by atoms with Crippen molar-refractivity contribution in [1.82, 2.24) is 9.71 Å². The number of nitrogens with two attached hydrogens (primary N) is 1. The van der Waals surface area contributed by atoms with Crippen molar-refractivity contribution in [2.45, 2.75) is 51.5 Å². The zero-order chi connectivity index (χ0) is 28.5. The van der Waals surface area contributed by atoms with E-state index in [0.717, 1.165) is 6.42 Å². The molecule has 1 aromatic heterocycles. The Morgan fingerprint density at radius 3 is 2.59 bits per heavy atom. The van der Waals surface area contributed by atoms with E-state index in [1.165, 1.54) is 36.4 Å². The van der Waals surface area contributed by atoms with Gasteiger partial charge in [0.25, 0.3) is 15.9 Å². The Morgan fingerprint density at radius 1 is 1.21 bits per heavy atom. The highest BCUT2D eigenvalue weighted by atomic mass is 32.2. The summed E-state index contributed by atoms with van der Waals surface area (Å²) in [5, 5.41) is 0. The summed E-state index contributed by atoms with van der Waals surface area (Å²) < 4.78 is 48.4. The number of hydrogen-bond donors (Lipinski definition) is 2. The van der Waals surface area contributed by atoms with Crippen LogP contribution < -0.4 is 20.1 Å². The number of nitrogens with one attached hydrogen (secondary N) is 1. The lowest BCUT2D eigenvalue weighted by molar-refractivity contribution is 0.0981. The molecule has 10 heteroatoms. The molecular weight excluding hydrogens is 519 g/mol. The van der Waals surface area contributed by atoms with Crippen molar-refractivity contribution in [2.24, 2.45) is 11.8 Å². The molecule has 4 rings (SSSR count). The normalized spacial score (nSPS) is 16.9. The van der Waals surface area contributed by atoms with E-state index in [0.29, 0.717) is 41.9 Å². The van der Waals surface area contributed by atoms with Gasteiger partial charge in [-0.3, -0.25) is 4.79 Å². The third-order valence-corrected chi connectivity index (χ3v) is 7.92. The van der Waals surface area contributed by atoms with Gasteiger partial charge in [0, 0.05) is 29.4 Å². The summed E-state index contributed by atoms with van der Waals surface area (Å²) >= 11 is 0. The highest BCUT2D eigenvalue weighted by molar-refractivity contribution is 7.90. The topological polar surface area (TPSA) is 115 Å². The van der Waals surface area contributed by atoms with Crippen LogP contribution in [0, 0.1) is 17.7 Å². The van der Waals surface area contributed by atoms with Gasteiger partial charge < -0.3 is 15.4 Å². The Hall–Kier alpha value is -3.66. The zero-order valence-electron chi connectivity index (χ0n) is 22.9. The minimum absolute atomic E-state index is 0.0982. The van der Waals surface area contributed by atoms with Gasteiger partial charge in [0.05, 0.1) is 22.8 Å². The molecule has 8 nitrogen and oxygen atoms in total. The third-order valence-electron chi connectivity index (χ3n) is 6.59. The molecule has 0 aliphatic carbocycles. The number of nitrogens with zero attached hydrogens (tertiary/aromatic N) is 2. The molecule has 1 fully saturated rings. The molecule has 2 aromatic carbocycles. The van der Waals surface area contributed by atoms with E-state index in [9.17, 15) is 17.6 Å². The van der Waals surface area contributed by atoms with Gasteiger partial charge in [0.15, 0.2) is 0 Å². The van der Waals surface area contributed by atoms with Gasteiger partial charge in [0.2, 0.25) is 0 Å². The Bertz CT molecular complexity index is 1490. The minimum Gasteiger partial charge on any atom is -0.493 e. The molecule has 3 aromatic rings. The van der Waals surface area contributed by atoms with Crippen LogP contribution in [0.25, 0.3) is 11.3 Å². The van der Waals surface area contributed by atoms with Gasteiger partial charge in [-0.2, -0.15) is 0 Å². The number of ether oxygens (including phenoxy) is 1. The smallest absolute Gasteiger partial charge is 0.268 e. The number of hydrogen-bond acceptors (Lipinski definition) is 7. The molecule has 1 saturated heterocycles. The summed E-state index contributed by atoms with van der Waals surface area (Å²) in [4.78, 5) is 20.1. The Balaban J connectivity index is 1.76. The lowest BCUT2D eigenvalue weighted by Crippen LogP contribution is -2.41. The lowest BCUT2D eigenvalue weighted by atomic mass is 9.97. The second-order valence-electron chi connectivity index (χ2n) is 11.2. The predicted molar refractivity (Wildman–Crippen MR) is 151 cm³/mol. The van der Waals surface area contributed by atoms with E-state index in [1.807, 2.05) is 18.7 Å².